The third kappa shape index (κ3) is 4.90. The summed E-state index contributed by atoms with van der Waals surface area (Å²) in [5.41, 5.74) is 8.41. The van der Waals surface area contributed by atoms with Crippen LogP contribution in [0.1, 0.15) is 51.4 Å². The number of carbonyl (C=O) groups excluding carboxylic acids is 2. The molecule has 1 fully saturated rings. The molecule has 0 saturated carbocycles. The molecule has 0 unspecified atom stereocenters. The fraction of sp³-hybridized carbons (Fsp3) is 0.520. The van der Waals surface area contributed by atoms with E-state index in [1.165, 1.54) is 17.3 Å². The number of nitrogens with zero attached hydrogens (tertiary/aromatic N) is 4. The van der Waals surface area contributed by atoms with Gasteiger partial charge < -0.3 is 19.9 Å². The number of ether oxygens (including phenoxy) is 1. The minimum absolute atomic E-state index is 0.0260. The molecule has 8 nitrogen and oxygen atoms in total. The van der Waals surface area contributed by atoms with Crippen molar-refractivity contribution in [2.24, 2.45) is 5.73 Å². The average molecular weight is 484 g/mol. The summed E-state index contributed by atoms with van der Waals surface area (Å²) < 4.78 is 7.80. The number of allylic oxidation sites excluding steroid dienone is 2. The predicted molar refractivity (Wildman–Crippen MR) is 133 cm³/mol. The van der Waals surface area contributed by atoms with Crippen molar-refractivity contribution in [1.29, 1.82) is 0 Å². The molecule has 2 atom stereocenters. The molecule has 3 heterocycles. The van der Waals surface area contributed by atoms with Gasteiger partial charge in [-0.05, 0) is 31.4 Å². The SMILES string of the molecule is C[C@@H](Sc1nnc(CCC(N)=O)n1C[C@H]1CCCO1)C(=O)/C=C1/N(C)c2ccccc2C1(C)C. The van der Waals surface area contributed by atoms with Crippen LogP contribution in [0.4, 0.5) is 5.69 Å². The first-order valence-electron chi connectivity index (χ1n) is 11.8. The second kappa shape index (κ2) is 9.92. The monoisotopic (exact) mass is 483 g/mol. The van der Waals surface area contributed by atoms with Crippen molar-refractivity contribution in [2.75, 3.05) is 18.6 Å². The third-order valence-electron chi connectivity index (χ3n) is 6.70. The molecule has 182 valence electrons. The summed E-state index contributed by atoms with van der Waals surface area (Å²) in [5, 5.41) is 8.97. The zero-order chi connectivity index (χ0) is 24.5. The number of fused-ring (bicyclic) bond motifs is 1. The predicted octanol–water partition coefficient (Wildman–Crippen LogP) is 3.24. The van der Waals surface area contributed by atoms with Crippen LogP contribution in [0.2, 0.25) is 0 Å². The normalized spacial score (nSPS) is 21.1. The highest BCUT2D eigenvalue weighted by atomic mass is 32.2. The second-order valence-corrected chi connectivity index (χ2v) is 10.8. The maximum absolute atomic E-state index is 13.3. The Morgan fingerprint density at radius 3 is 2.76 bits per heavy atom. The number of thioether (sulfide) groups is 1. The van der Waals surface area contributed by atoms with Crippen molar-refractivity contribution in [2.45, 2.75) is 74.9 Å². The van der Waals surface area contributed by atoms with Gasteiger partial charge in [0.1, 0.15) is 5.82 Å². The molecule has 1 saturated heterocycles. The van der Waals surface area contributed by atoms with Crippen LogP contribution in [0.25, 0.3) is 0 Å². The van der Waals surface area contributed by atoms with E-state index >= 15 is 0 Å². The standard InChI is InChI=1S/C25H33N5O3S/c1-16(20(31)14-21-25(2,3)18-9-5-6-10-19(18)29(21)4)34-24-28-27-23(12-11-22(26)32)30(24)15-17-8-7-13-33-17/h5-6,9-10,14,16-17H,7-8,11-13,15H2,1-4H3,(H2,26,32)/b21-14+/t16-,17-/m1/s1. The first kappa shape index (κ1) is 24.5. The fourth-order valence-corrected chi connectivity index (χ4v) is 5.62. The number of hydrogen-bond donors (Lipinski definition) is 1. The van der Waals surface area contributed by atoms with Crippen LogP contribution >= 0.6 is 11.8 Å². The molecule has 2 aliphatic heterocycles. The lowest BCUT2D eigenvalue weighted by Crippen LogP contribution is -2.25. The Balaban J connectivity index is 1.53. The Hall–Kier alpha value is -2.65. The minimum Gasteiger partial charge on any atom is -0.376 e. The van der Waals surface area contributed by atoms with Gasteiger partial charge in [0.05, 0.1) is 17.9 Å². The number of anilines is 1. The van der Waals surface area contributed by atoms with Crippen molar-refractivity contribution in [3.05, 3.63) is 47.4 Å². The summed E-state index contributed by atoms with van der Waals surface area (Å²) in [6.45, 7) is 7.55. The molecule has 34 heavy (non-hydrogen) atoms. The zero-order valence-electron chi connectivity index (χ0n) is 20.3. The summed E-state index contributed by atoms with van der Waals surface area (Å²) in [7, 11) is 2.01. The molecule has 2 N–H and O–H groups in total. The summed E-state index contributed by atoms with van der Waals surface area (Å²) >= 11 is 1.39. The van der Waals surface area contributed by atoms with Gasteiger partial charge in [0, 0.05) is 49.4 Å². The first-order chi connectivity index (χ1) is 16.2. The molecule has 1 aromatic carbocycles. The number of hydrogen-bond acceptors (Lipinski definition) is 7. The quantitative estimate of drug-likeness (QED) is 0.431. The molecule has 4 rings (SSSR count). The lowest BCUT2D eigenvalue weighted by atomic mass is 9.83. The van der Waals surface area contributed by atoms with Gasteiger partial charge in [-0.25, -0.2) is 0 Å². The Morgan fingerprint density at radius 2 is 2.09 bits per heavy atom. The van der Waals surface area contributed by atoms with Gasteiger partial charge in [-0.15, -0.1) is 10.2 Å². The Labute approximate surface area is 204 Å². The molecule has 0 spiro atoms. The molecule has 0 bridgehead atoms. The molecular formula is C25H33N5O3S. The van der Waals surface area contributed by atoms with Crippen molar-refractivity contribution in [3.8, 4) is 0 Å². The Kier molecular flexibility index (Phi) is 7.14. The minimum atomic E-state index is -0.375. The highest BCUT2D eigenvalue weighted by Crippen LogP contribution is 2.46. The van der Waals surface area contributed by atoms with E-state index in [1.54, 1.807) is 6.08 Å². The summed E-state index contributed by atoms with van der Waals surface area (Å²) in [5.74, 6) is 0.348. The van der Waals surface area contributed by atoms with Crippen LogP contribution in [0.15, 0.2) is 41.2 Å². The first-order valence-corrected chi connectivity index (χ1v) is 12.6. The number of nitrogens with two attached hydrogens (primary N) is 1. The van der Waals surface area contributed by atoms with Gasteiger partial charge >= 0.3 is 0 Å². The molecule has 0 aliphatic carbocycles. The summed E-state index contributed by atoms with van der Waals surface area (Å²) in [6.07, 6.45) is 4.48. The van der Waals surface area contributed by atoms with E-state index in [0.717, 1.165) is 30.8 Å². The zero-order valence-corrected chi connectivity index (χ0v) is 21.1. The molecule has 9 heteroatoms. The third-order valence-corrected chi connectivity index (χ3v) is 7.80. The number of likely N-dealkylation sites (N-methyl/N-ethyl adjacent to an activating group) is 1. The maximum atomic E-state index is 13.3. The number of ketones is 1. The van der Waals surface area contributed by atoms with Gasteiger partial charge in [-0.3, -0.25) is 9.59 Å². The Morgan fingerprint density at radius 1 is 1.32 bits per heavy atom. The lowest BCUT2D eigenvalue weighted by molar-refractivity contribution is -0.118. The van der Waals surface area contributed by atoms with Crippen molar-refractivity contribution >= 4 is 29.1 Å². The number of amides is 1. The van der Waals surface area contributed by atoms with Crippen LogP contribution in [0.5, 0.6) is 0 Å². The van der Waals surface area contributed by atoms with Crippen molar-refractivity contribution < 1.29 is 14.3 Å². The van der Waals surface area contributed by atoms with Crippen LogP contribution in [-0.2, 0) is 32.7 Å². The topological polar surface area (TPSA) is 103 Å². The maximum Gasteiger partial charge on any atom is 0.217 e. The number of benzene rings is 1. The second-order valence-electron chi connectivity index (χ2n) is 9.50. The molecule has 0 radical (unpaired) electrons. The van der Waals surface area contributed by atoms with E-state index in [0.29, 0.717) is 23.9 Å². The van der Waals surface area contributed by atoms with Gasteiger partial charge in [-0.2, -0.15) is 0 Å². The summed E-state index contributed by atoms with van der Waals surface area (Å²) in [4.78, 5) is 26.7. The lowest BCUT2D eigenvalue weighted by Gasteiger charge is -2.24. The number of aryl methyl sites for hydroxylation is 1. The smallest absolute Gasteiger partial charge is 0.217 e. The van der Waals surface area contributed by atoms with Crippen molar-refractivity contribution in [1.82, 2.24) is 14.8 Å². The van der Waals surface area contributed by atoms with E-state index in [2.05, 4.69) is 41.1 Å². The number of rotatable bonds is 9. The number of aromatic nitrogens is 3. The van der Waals surface area contributed by atoms with Crippen molar-refractivity contribution in [3.63, 3.8) is 0 Å². The van der Waals surface area contributed by atoms with Crippen LogP contribution in [0.3, 0.4) is 0 Å². The molecular weight excluding hydrogens is 450 g/mol. The number of para-hydroxylation sites is 1. The summed E-state index contributed by atoms with van der Waals surface area (Å²) in [6, 6.07) is 8.26. The average Bonchev–Trinajstić information content (AvgIpc) is 3.49. The highest BCUT2D eigenvalue weighted by Gasteiger charge is 2.39. The molecule has 2 aliphatic rings. The highest BCUT2D eigenvalue weighted by molar-refractivity contribution is 8.00. The van der Waals surface area contributed by atoms with E-state index in [1.807, 2.05) is 30.7 Å². The largest absolute Gasteiger partial charge is 0.376 e. The van der Waals surface area contributed by atoms with Gasteiger partial charge in [0.15, 0.2) is 10.9 Å². The molecule has 1 amide bonds. The van der Waals surface area contributed by atoms with E-state index < -0.39 is 0 Å². The van der Waals surface area contributed by atoms with Gasteiger partial charge in [0.25, 0.3) is 0 Å². The number of carbonyl (C=O) groups is 2. The van der Waals surface area contributed by atoms with Crippen LogP contribution in [-0.4, -0.2) is 51.5 Å². The van der Waals surface area contributed by atoms with Gasteiger partial charge in [-0.1, -0.05) is 43.8 Å². The van der Waals surface area contributed by atoms with E-state index in [9.17, 15) is 9.59 Å². The fourth-order valence-electron chi connectivity index (χ4n) is 4.73. The Bertz CT molecular complexity index is 1100. The van der Waals surface area contributed by atoms with E-state index in [-0.39, 0.29) is 34.9 Å². The molecule has 2 aromatic rings. The molecule has 1 aromatic heterocycles. The van der Waals surface area contributed by atoms with Gasteiger partial charge in [0.2, 0.25) is 5.91 Å². The number of primary amides is 1. The van der Waals surface area contributed by atoms with E-state index in [4.69, 9.17) is 10.5 Å². The van der Waals surface area contributed by atoms with Crippen LogP contribution < -0.4 is 10.6 Å². The van der Waals surface area contributed by atoms with Crippen LogP contribution in [0, 0.1) is 0 Å².